The molecule has 0 radical (unpaired) electrons. The van der Waals surface area contributed by atoms with Gasteiger partial charge in [-0.3, -0.25) is 4.98 Å². The van der Waals surface area contributed by atoms with E-state index in [1.54, 1.807) is 18.3 Å². The molecule has 5 aromatic rings. The van der Waals surface area contributed by atoms with Gasteiger partial charge in [0.15, 0.2) is 5.11 Å². The maximum absolute atomic E-state index is 11.4. The molecular weight excluding hydrogens is 544 g/mol. The first kappa shape index (κ1) is 27.2. The number of rotatable bonds is 7. The van der Waals surface area contributed by atoms with Crippen LogP contribution in [-0.4, -0.2) is 25.7 Å². The number of carboxylic acids is 1. The highest BCUT2D eigenvalue weighted by Crippen LogP contribution is 2.44. The summed E-state index contributed by atoms with van der Waals surface area (Å²) in [7, 11) is 0. The largest absolute Gasteiger partial charge is 0.478 e. The number of nitrogens with one attached hydrogen (secondary N) is 1. The zero-order valence-electron chi connectivity index (χ0n) is 23.5. The summed E-state index contributed by atoms with van der Waals surface area (Å²) in [6, 6.07) is 30.6. The Balaban J connectivity index is 1.40. The van der Waals surface area contributed by atoms with E-state index in [0.717, 1.165) is 51.1 Å². The van der Waals surface area contributed by atoms with Crippen molar-refractivity contribution in [3.63, 3.8) is 0 Å². The van der Waals surface area contributed by atoms with Crippen molar-refractivity contribution >= 4 is 29.0 Å². The number of ether oxygens (including phenoxy) is 1. The van der Waals surface area contributed by atoms with Crippen molar-refractivity contribution in [1.29, 1.82) is 0 Å². The van der Waals surface area contributed by atoms with Crippen LogP contribution in [0.1, 0.15) is 50.7 Å². The quantitative estimate of drug-likeness (QED) is 0.195. The van der Waals surface area contributed by atoms with Gasteiger partial charge in [0.2, 0.25) is 0 Å². The second-order valence-electron chi connectivity index (χ2n) is 10.4. The summed E-state index contributed by atoms with van der Waals surface area (Å²) in [6.45, 7) is 6.17. The van der Waals surface area contributed by atoms with Crippen LogP contribution in [0, 0.1) is 20.8 Å². The predicted molar refractivity (Wildman–Crippen MR) is 168 cm³/mol. The molecule has 1 saturated heterocycles. The lowest BCUT2D eigenvalue weighted by Crippen LogP contribution is -2.29. The number of aromatic nitrogens is 2. The number of pyridine rings is 1. The van der Waals surface area contributed by atoms with Crippen LogP contribution in [0.15, 0.2) is 103 Å². The van der Waals surface area contributed by atoms with Gasteiger partial charge in [-0.1, -0.05) is 24.3 Å². The van der Waals surface area contributed by atoms with E-state index < -0.39 is 5.97 Å². The molecule has 0 spiro atoms. The van der Waals surface area contributed by atoms with Gasteiger partial charge in [-0.25, -0.2) is 4.79 Å². The fourth-order valence-corrected chi connectivity index (χ4v) is 6.01. The number of nitrogens with zero attached hydrogens (tertiary/aromatic N) is 3. The minimum absolute atomic E-state index is 0.186. The molecule has 2 N–H and O–H groups in total. The molecule has 42 heavy (non-hydrogen) atoms. The van der Waals surface area contributed by atoms with Gasteiger partial charge in [-0.2, -0.15) is 0 Å². The first-order chi connectivity index (χ1) is 20.3. The van der Waals surface area contributed by atoms with E-state index in [4.69, 9.17) is 17.0 Å². The Kier molecular flexibility index (Phi) is 7.22. The number of benzene rings is 3. The summed E-state index contributed by atoms with van der Waals surface area (Å²) in [6.07, 6.45) is 1.80. The molecule has 2 atom stereocenters. The number of aromatic carboxylic acids is 1. The van der Waals surface area contributed by atoms with E-state index in [9.17, 15) is 9.90 Å². The molecule has 0 amide bonds. The maximum atomic E-state index is 11.4. The highest BCUT2D eigenvalue weighted by molar-refractivity contribution is 7.80. The second-order valence-corrected chi connectivity index (χ2v) is 10.8. The summed E-state index contributed by atoms with van der Waals surface area (Å²) in [5.41, 5.74) is 7.21. The van der Waals surface area contributed by atoms with Crippen LogP contribution in [-0.2, 0) is 0 Å². The molecule has 3 heterocycles. The Bertz CT molecular complexity index is 1770. The van der Waals surface area contributed by atoms with E-state index in [2.05, 4.69) is 39.7 Å². The molecule has 0 unspecified atom stereocenters. The number of thiocarbonyl (C=S) groups is 1. The van der Waals surface area contributed by atoms with Crippen LogP contribution in [0.4, 0.5) is 5.69 Å². The van der Waals surface area contributed by atoms with E-state index in [1.165, 1.54) is 0 Å². The van der Waals surface area contributed by atoms with E-state index in [-0.39, 0.29) is 17.6 Å². The van der Waals surface area contributed by atoms with Gasteiger partial charge >= 0.3 is 5.97 Å². The van der Waals surface area contributed by atoms with Crippen LogP contribution in [0.3, 0.4) is 0 Å². The van der Waals surface area contributed by atoms with Gasteiger partial charge in [0.1, 0.15) is 11.5 Å². The van der Waals surface area contributed by atoms with Crippen molar-refractivity contribution in [2.45, 2.75) is 32.9 Å². The smallest absolute Gasteiger partial charge is 0.335 e. The lowest BCUT2D eigenvalue weighted by molar-refractivity contribution is 0.0697. The van der Waals surface area contributed by atoms with Crippen LogP contribution in [0.25, 0.3) is 5.69 Å². The van der Waals surface area contributed by atoms with Gasteiger partial charge in [0.25, 0.3) is 0 Å². The van der Waals surface area contributed by atoms with Crippen LogP contribution >= 0.6 is 12.2 Å². The summed E-state index contributed by atoms with van der Waals surface area (Å²) in [4.78, 5) is 18.2. The van der Waals surface area contributed by atoms with Crippen molar-refractivity contribution in [3.8, 4) is 17.2 Å². The molecule has 1 aliphatic rings. The second kappa shape index (κ2) is 11.1. The monoisotopic (exact) mass is 574 g/mol. The Morgan fingerprint density at radius 1 is 0.905 bits per heavy atom. The molecule has 7 nitrogen and oxygen atoms in total. The number of hydrogen-bond donors (Lipinski definition) is 2. The number of anilines is 1. The number of para-hydroxylation sites is 1. The molecule has 0 saturated carbocycles. The molecule has 8 heteroatoms. The molecule has 210 valence electrons. The zero-order chi connectivity index (χ0) is 29.4. The van der Waals surface area contributed by atoms with E-state index in [0.29, 0.717) is 5.11 Å². The summed E-state index contributed by atoms with van der Waals surface area (Å²) >= 11 is 5.94. The summed E-state index contributed by atoms with van der Waals surface area (Å²) in [5, 5.41) is 13.5. The molecular formula is C34H30N4O3S. The molecule has 3 aromatic carbocycles. The molecule has 1 aliphatic heterocycles. The minimum atomic E-state index is -0.946. The third-order valence-electron chi connectivity index (χ3n) is 7.70. The Morgan fingerprint density at radius 2 is 1.60 bits per heavy atom. The fourth-order valence-electron chi connectivity index (χ4n) is 5.66. The maximum Gasteiger partial charge on any atom is 0.335 e. The van der Waals surface area contributed by atoms with Crippen molar-refractivity contribution < 1.29 is 14.6 Å². The third kappa shape index (κ3) is 5.01. The van der Waals surface area contributed by atoms with Crippen LogP contribution in [0.5, 0.6) is 11.5 Å². The fraction of sp³-hybridized carbons (Fsp3) is 0.147. The van der Waals surface area contributed by atoms with Crippen LogP contribution in [0.2, 0.25) is 0 Å². The number of hydrogen-bond acceptors (Lipinski definition) is 4. The van der Waals surface area contributed by atoms with Gasteiger partial charge in [0.05, 0.1) is 23.3 Å². The average Bonchev–Trinajstić information content (AvgIpc) is 3.49. The highest BCUT2D eigenvalue weighted by atomic mass is 32.1. The Morgan fingerprint density at radius 3 is 2.26 bits per heavy atom. The normalized spacial score (nSPS) is 16.4. The number of aryl methyl sites for hydroxylation is 2. The number of carbonyl (C=O) groups is 1. The first-order valence-electron chi connectivity index (χ1n) is 13.7. The van der Waals surface area contributed by atoms with E-state index >= 15 is 0 Å². The van der Waals surface area contributed by atoms with E-state index in [1.807, 2.05) is 85.8 Å². The van der Waals surface area contributed by atoms with Gasteiger partial charge in [-0.15, -0.1) is 0 Å². The van der Waals surface area contributed by atoms with Gasteiger partial charge in [-0.05, 0) is 117 Å². The lowest BCUT2D eigenvalue weighted by atomic mass is 9.96. The first-order valence-corrected chi connectivity index (χ1v) is 14.1. The van der Waals surface area contributed by atoms with Gasteiger partial charge in [0, 0.05) is 29.0 Å². The standard InChI is InChI=1S/C34H30N4O3S/c1-21-8-4-5-10-30(21)41-27-17-15-26(16-18-27)38-32(31(36-34(38)42)29-9-6-7-19-35-29)28-20-22(2)37(23(28)3)25-13-11-24(12-14-25)33(39)40/h4-20,31-32H,1-3H3,(H,36,42)(H,39,40)/t31-,32+/m0/s1. The molecule has 1 fully saturated rings. The molecule has 0 bridgehead atoms. The lowest BCUT2D eigenvalue weighted by Gasteiger charge is -2.28. The molecule has 0 aliphatic carbocycles. The number of carboxylic acid groups (broad SMARTS) is 1. The molecule has 6 rings (SSSR count). The highest BCUT2D eigenvalue weighted by Gasteiger charge is 2.42. The summed E-state index contributed by atoms with van der Waals surface area (Å²) in [5.74, 6) is 0.616. The van der Waals surface area contributed by atoms with Crippen molar-refractivity contribution in [2.75, 3.05) is 4.90 Å². The van der Waals surface area contributed by atoms with Crippen molar-refractivity contribution in [1.82, 2.24) is 14.9 Å². The Hall–Kier alpha value is -4.95. The topological polar surface area (TPSA) is 79.6 Å². The minimum Gasteiger partial charge on any atom is -0.478 e. The van der Waals surface area contributed by atoms with Gasteiger partial charge < -0.3 is 24.6 Å². The zero-order valence-corrected chi connectivity index (χ0v) is 24.3. The van der Waals surface area contributed by atoms with Crippen molar-refractivity contribution in [2.24, 2.45) is 0 Å². The third-order valence-corrected chi connectivity index (χ3v) is 8.01. The average molecular weight is 575 g/mol. The summed E-state index contributed by atoms with van der Waals surface area (Å²) < 4.78 is 8.30. The Labute approximate surface area is 250 Å². The van der Waals surface area contributed by atoms with Crippen LogP contribution < -0.4 is 15.0 Å². The van der Waals surface area contributed by atoms with Crippen molar-refractivity contribution in [3.05, 3.63) is 137 Å². The molecule has 2 aromatic heterocycles. The predicted octanol–water partition coefficient (Wildman–Crippen LogP) is 7.47. The SMILES string of the molecule is Cc1ccccc1Oc1ccc(N2C(=S)N[C@@H](c3ccccn3)[C@H]2c2cc(C)n(-c3ccc(C(=O)O)cc3)c2C)cc1.